The fourth-order valence-corrected chi connectivity index (χ4v) is 2.70. The van der Waals surface area contributed by atoms with Crippen molar-refractivity contribution in [3.8, 4) is 5.82 Å². The molecule has 0 spiro atoms. The summed E-state index contributed by atoms with van der Waals surface area (Å²) < 4.78 is 1.85. The predicted octanol–water partition coefficient (Wildman–Crippen LogP) is 2.02. The van der Waals surface area contributed by atoms with Gasteiger partial charge in [-0.2, -0.15) is 4.98 Å². The highest BCUT2D eigenvalue weighted by Gasteiger charge is 2.11. The maximum atomic E-state index is 5.73. The van der Waals surface area contributed by atoms with Gasteiger partial charge in [-0.25, -0.2) is 9.97 Å². The third-order valence-electron chi connectivity index (χ3n) is 2.54. The van der Waals surface area contributed by atoms with Crippen LogP contribution in [0.1, 0.15) is 11.8 Å². The van der Waals surface area contributed by atoms with Crippen LogP contribution in [0.4, 0.5) is 5.95 Å². The van der Waals surface area contributed by atoms with Crippen molar-refractivity contribution in [2.24, 2.45) is 0 Å². The van der Waals surface area contributed by atoms with E-state index in [9.17, 15) is 0 Å². The Kier molecular flexibility index (Phi) is 2.29. The van der Waals surface area contributed by atoms with E-state index in [0.717, 1.165) is 22.5 Å². The molecule has 0 saturated carbocycles. The van der Waals surface area contributed by atoms with Gasteiger partial charge < -0.3 is 5.73 Å². The summed E-state index contributed by atoms with van der Waals surface area (Å²) in [5.41, 5.74) is 5.73. The molecular weight excluding hydrogens is 234 g/mol. The van der Waals surface area contributed by atoms with Crippen LogP contribution in [-0.4, -0.2) is 19.5 Å². The van der Waals surface area contributed by atoms with Gasteiger partial charge in [-0.15, -0.1) is 11.3 Å². The molecule has 0 bridgehead atoms. The van der Waals surface area contributed by atoms with E-state index in [-0.39, 0.29) is 0 Å². The Labute approximate surface area is 102 Å². The van der Waals surface area contributed by atoms with E-state index in [4.69, 9.17) is 5.73 Å². The lowest BCUT2D eigenvalue weighted by atomic mass is 10.3. The van der Waals surface area contributed by atoms with Crippen molar-refractivity contribution >= 4 is 27.5 Å². The first-order valence-electron chi connectivity index (χ1n) is 5.32. The fraction of sp³-hybridized carbons (Fsp3) is 0.182. The molecule has 0 radical (unpaired) electrons. The summed E-state index contributed by atoms with van der Waals surface area (Å²) in [6.07, 6.45) is 6.27. The van der Waals surface area contributed by atoms with Crippen LogP contribution >= 0.6 is 11.3 Å². The van der Waals surface area contributed by atoms with Crippen molar-refractivity contribution in [1.29, 1.82) is 0 Å². The molecule has 0 amide bonds. The number of rotatable bonds is 2. The van der Waals surface area contributed by atoms with E-state index >= 15 is 0 Å². The zero-order chi connectivity index (χ0) is 11.8. The minimum Gasteiger partial charge on any atom is -0.368 e. The lowest BCUT2D eigenvalue weighted by molar-refractivity contribution is 1.00. The fourth-order valence-electron chi connectivity index (χ4n) is 1.73. The minimum atomic E-state index is 0.297. The van der Waals surface area contributed by atoms with Crippen molar-refractivity contribution in [1.82, 2.24) is 19.5 Å². The highest BCUT2D eigenvalue weighted by molar-refractivity contribution is 7.18. The van der Waals surface area contributed by atoms with Gasteiger partial charge in [0.15, 0.2) is 5.82 Å². The van der Waals surface area contributed by atoms with Crippen LogP contribution in [0.5, 0.6) is 0 Å². The Morgan fingerprint density at radius 2 is 2.29 bits per heavy atom. The van der Waals surface area contributed by atoms with Crippen molar-refractivity contribution in [2.45, 2.75) is 13.3 Å². The lowest BCUT2D eigenvalue weighted by Gasteiger charge is -2.03. The van der Waals surface area contributed by atoms with Gasteiger partial charge in [0.2, 0.25) is 5.95 Å². The Hall–Kier alpha value is -1.95. The van der Waals surface area contributed by atoms with Crippen molar-refractivity contribution in [2.75, 3.05) is 5.73 Å². The second-order valence-corrected chi connectivity index (χ2v) is 4.78. The predicted molar refractivity (Wildman–Crippen MR) is 68.3 cm³/mol. The average Bonchev–Trinajstić information content (AvgIpc) is 2.96. The van der Waals surface area contributed by atoms with Gasteiger partial charge in [0, 0.05) is 17.3 Å². The number of fused-ring (bicyclic) bond motifs is 1. The molecule has 0 fully saturated rings. The Bertz CT molecular complexity index is 656. The zero-order valence-corrected chi connectivity index (χ0v) is 10.1. The number of hydrogen-bond donors (Lipinski definition) is 1. The molecule has 0 atom stereocenters. The molecule has 0 unspecified atom stereocenters. The second-order valence-electron chi connectivity index (χ2n) is 3.66. The molecule has 0 aromatic carbocycles. The number of nitrogens with two attached hydrogens (primary N) is 1. The average molecular weight is 245 g/mol. The van der Waals surface area contributed by atoms with E-state index in [1.54, 1.807) is 23.9 Å². The lowest BCUT2D eigenvalue weighted by Crippen LogP contribution is -2.01. The van der Waals surface area contributed by atoms with Crippen LogP contribution in [0.25, 0.3) is 16.0 Å². The van der Waals surface area contributed by atoms with E-state index < -0.39 is 0 Å². The summed E-state index contributed by atoms with van der Waals surface area (Å²) in [7, 11) is 0. The maximum absolute atomic E-state index is 5.73. The summed E-state index contributed by atoms with van der Waals surface area (Å²) in [6.45, 7) is 2.12. The van der Waals surface area contributed by atoms with Gasteiger partial charge in [0.25, 0.3) is 0 Å². The molecule has 3 aromatic heterocycles. The molecule has 6 heteroatoms. The number of aryl methyl sites for hydroxylation is 1. The monoisotopic (exact) mass is 245 g/mol. The van der Waals surface area contributed by atoms with Gasteiger partial charge in [0.05, 0.1) is 5.39 Å². The quantitative estimate of drug-likeness (QED) is 0.750. The molecule has 17 heavy (non-hydrogen) atoms. The molecule has 3 heterocycles. The number of aromatic nitrogens is 4. The van der Waals surface area contributed by atoms with Crippen LogP contribution in [0.3, 0.4) is 0 Å². The van der Waals surface area contributed by atoms with E-state index in [2.05, 4.69) is 27.9 Å². The largest absolute Gasteiger partial charge is 0.368 e. The van der Waals surface area contributed by atoms with E-state index in [1.807, 2.05) is 10.8 Å². The van der Waals surface area contributed by atoms with Crippen molar-refractivity contribution in [3.63, 3.8) is 0 Å². The molecule has 0 aliphatic rings. The van der Waals surface area contributed by atoms with Crippen LogP contribution < -0.4 is 5.73 Å². The number of nitrogens with zero attached hydrogens (tertiary/aromatic N) is 4. The topological polar surface area (TPSA) is 69.6 Å². The summed E-state index contributed by atoms with van der Waals surface area (Å²) in [5.74, 6) is 1.09. The third-order valence-corrected chi connectivity index (χ3v) is 3.71. The van der Waals surface area contributed by atoms with Gasteiger partial charge in [-0.05, 0) is 12.5 Å². The maximum Gasteiger partial charge on any atom is 0.223 e. The smallest absolute Gasteiger partial charge is 0.223 e. The van der Waals surface area contributed by atoms with E-state index in [1.165, 1.54) is 4.88 Å². The minimum absolute atomic E-state index is 0.297. The van der Waals surface area contributed by atoms with Crippen molar-refractivity contribution in [3.05, 3.63) is 29.7 Å². The second kappa shape index (κ2) is 3.81. The molecule has 0 aliphatic heterocycles. The molecule has 2 N–H and O–H groups in total. The number of thiophene rings is 1. The van der Waals surface area contributed by atoms with Crippen LogP contribution in [-0.2, 0) is 6.42 Å². The van der Waals surface area contributed by atoms with Gasteiger partial charge in [-0.3, -0.25) is 4.57 Å². The molecule has 3 aromatic rings. The Morgan fingerprint density at radius 1 is 1.41 bits per heavy atom. The highest BCUT2D eigenvalue weighted by atomic mass is 32.1. The van der Waals surface area contributed by atoms with Crippen LogP contribution in [0.2, 0.25) is 0 Å². The molecule has 0 aliphatic carbocycles. The molecule has 86 valence electrons. The SMILES string of the molecule is CCc1cc2c(-n3ccnc3)nc(N)nc2s1. The van der Waals surface area contributed by atoms with E-state index in [0.29, 0.717) is 5.95 Å². The van der Waals surface area contributed by atoms with Crippen LogP contribution in [0.15, 0.2) is 24.8 Å². The van der Waals surface area contributed by atoms with Crippen LogP contribution in [0, 0.1) is 0 Å². The Balaban J connectivity index is 2.32. The standard InChI is InChI=1S/C11H11N5S/c1-2-7-5-8-9(16-4-3-13-6-16)14-11(12)15-10(8)17-7/h3-6H,2H2,1H3,(H2,12,14,15). The third kappa shape index (κ3) is 1.66. The van der Waals surface area contributed by atoms with Gasteiger partial charge >= 0.3 is 0 Å². The first kappa shape index (κ1) is 10.2. The first-order valence-corrected chi connectivity index (χ1v) is 6.14. The summed E-state index contributed by atoms with van der Waals surface area (Å²) in [6, 6.07) is 2.12. The summed E-state index contributed by atoms with van der Waals surface area (Å²) in [4.78, 5) is 14.8. The Morgan fingerprint density at radius 3 is 3.00 bits per heavy atom. The normalized spacial score (nSPS) is 11.1. The molecule has 0 saturated heterocycles. The van der Waals surface area contributed by atoms with Gasteiger partial charge in [-0.1, -0.05) is 6.92 Å². The number of nitrogen functional groups attached to an aromatic ring is 1. The molecular formula is C11H11N5S. The highest BCUT2D eigenvalue weighted by Crippen LogP contribution is 2.28. The summed E-state index contributed by atoms with van der Waals surface area (Å²) >= 11 is 1.66. The number of anilines is 1. The number of hydrogen-bond acceptors (Lipinski definition) is 5. The van der Waals surface area contributed by atoms with Gasteiger partial charge in [0.1, 0.15) is 11.2 Å². The first-order chi connectivity index (χ1) is 8.28. The molecule has 5 nitrogen and oxygen atoms in total. The summed E-state index contributed by atoms with van der Waals surface area (Å²) in [5, 5.41) is 1.03. The van der Waals surface area contributed by atoms with Crippen molar-refractivity contribution < 1.29 is 0 Å². The zero-order valence-electron chi connectivity index (χ0n) is 9.29. The number of imidazole rings is 1. The molecule has 3 rings (SSSR count).